The summed E-state index contributed by atoms with van der Waals surface area (Å²) >= 11 is 0. The number of benzene rings is 1. The van der Waals surface area contributed by atoms with Crippen LogP contribution in [0.2, 0.25) is 0 Å². The molecule has 0 atom stereocenters. The standard InChI is InChI=1S/C27H36O/c1-14-2-23(25-19-6-15-4-16(8-19)9-20(25)7-15)27(28)24(3-14)26-21-10-17-5-18(12-21)13-22(26)11-17/h2-3,15-22,25-26,28H,4-13H2,1H3. The second-order valence-electron chi connectivity index (χ2n) is 12.2. The summed E-state index contributed by atoms with van der Waals surface area (Å²) in [5.41, 5.74) is 4.15. The summed E-state index contributed by atoms with van der Waals surface area (Å²) in [6.07, 6.45) is 14.6. The van der Waals surface area contributed by atoms with Gasteiger partial charge in [-0.3, -0.25) is 0 Å². The van der Waals surface area contributed by atoms with Crippen molar-refractivity contribution in [3.05, 3.63) is 28.8 Å². The van der Waals surface area contributed by atoms with E-state index in [0.717, 1.165) is 53.1 Å². The SMILES string of the molecule is Cc1cc(C2C3CC4CC(C3)CC2C4)c(O)c(C2C3CC4CC(C3)CC2C4)c1. The second-order valence-corrected chi connectivity index (χ2v) is 12.2. The molecule has 9 rings (SSSR count). The molecular weight excluding hydrogens is 340 g/mol. The Balaban J connectivity index is 1.29. The maximum atomic E-state index is 11.7. The van der Waals surface area contributed by atoms with Gasteiger partial charge in [0.15, 0.2) is 0 Å². The molecule has 1 nitrogen and oxygen atoms in total. The minimum Gasteiger partial charge on any atom is -0.507 e. The molecule has 0 spiro atoms. The van der Waals surface area contributed by atoms with Crippen LogP contribution in [0.5, 0.6) is 5.75 Å². The van der Waals surface area contributed by atoms with Gasteiger partial charge in [-0.05, 0) is 141 Å². The van der Waals surface area contributed by atoms with E-state index in [4.69, 9.17) is 0 Å². The molecule has 150 valence electrons. The fourth-order valence-corrected chi connectivity index (χ4v) is 10.2. The monoisotopic (exact) mass is 376 g/mol. The number of rotatable bonds is 2. The van der Waals surface area contributed by atoms with E-state index in [1.165, 1.54) is 80.9 Å². The highest BCUT2D eigenvalue weighted by molar-refractivity contribution is 5.49. The Morgan fingerprint density at radius 1 is 0.571 bits per heavy atom. The van der Waals surface area contributed by atoms with Crippen LogP contribution in [0, 0.1) is 54.3 Å². The number of aryl methyl sites for hydroxylation is 1. The van der Waals surface area contributed by atoms with E-state index >= 15 is 0 Å². The van der Waals surface area contributed by atoms with Crippen LogP contribution in [0.25, 0.3) is 0 Å². The molecule has 0 unspecified atom stereocenters. The summed E-state index contributed by atoms with van der Waals surface area (Å²) in [5.74, 6) is 9.52. The first kappa shape index (κ1) is 16.8. The lowest BCUT2D eigenvalue weighted by Crippen LogP contribution is -2.44. The molecule has 8 aliphatic rings. The molecule has 8 saturated carbocycles. The highest BCUT2D eigenvalue weighted by Crippen LogP contribution is 2.64. The van der Waals surface area contributed by atoms with Gasteiger partial charge in [-0.2, -0.15) is 0 Å². The van der Waals surface area contributed by atoms with Gasteiger partial charge in [0.1, 0.15) is 5.75 Å². The van der Waals surface area contributed by atoms with E-state index < -0.39 is 0 Å². The first-order chi connectivity index (χ1) is 13.6. The number of phenols is 1. The Hall–Kier alpha value is -0.980. The zero-order chi connectivity index (χ0) is 18.6. The normalized spacial score (nSPS) is 50.5. The molecule has 28 heavy (non-hydrogen) atoms. The van der Waals surface area contributed by atoms with Gasteiger partial charge in [0.25, 0.3) is 0 Å². The lowest BCUT2D eigenvalue weighted by Gasteiger charge is -2.56. The van der Waals surface area contributed by atoms with Crippen LogP contribution in [0.4, 0.5) is 0 Å². The fourth-order valence-electron chi connectivity index (χ4n) is 10.2. The lowest BCUT2D eigenvalue weighted by molar-refractivity contribution is -0.00639. The van der Waals surface area contributed by atoms with Crippen LogP contribution >= 0.6 is 0 Å². The topological polar surface area (TPSA) is 20.2 Å². The van der Waals surface area contributed by atoms with Crippen molar-refractivity contribution in [2.75, 3.05) is 0 Å². The van der Waals surface area contributed by atoms with Gasteiger partial charge in [0, 0.05) is 0 Å². The summed E-state index contributed by atoms with van der Waals surface area (Å²) in [5, 5.41) is 11.7. The third-order valence-corrected chi connectivity index (χ3v) is 10.5. The number of aromatic hydroxyl groups is 1. The van der Waals surface area contributed by atoms with Crippen molar-refractivity contribution in [1.29, 1.82) is 0 Å². The molecule has 8 bridgehead atoms. The average molecular weight is 377 g/mol. The third-order valence-electron chi connectivity index (χ3n) is 10.5. The van der Waals surface area contributed by atoms with Crippen molar-refractivity contribution in [2.24, 2.45) is 47.3 Å². The predicted octanol–water partition coefficient (Wildman–Crippen LogP) is 6.78. The van der Waals surface area contributed by atoms with Gasteiger partial charge in [-0.1, -0.05) is 17.7 Å². The van der Waals surface area contributed by atoms with Gasteiger partial charge in [-0.15, -0.1) is 0 Å². The molecule has 1 aromatic rings. The predicted molar refractivity (Wildman–Crippen MR) is 112 cm³/mol. The van der Waals surface area contributed by atoms with Crippen LogP contribution in [0.1, 0.15) is 92.7 Å². The quantitative estimate of drug-likeness (QED) is 0.603. The summed E-state index contributed by atoms with van der Waals surface area (Å²) in [7, 11) is 0. The van der Waals surface area contributed by atoms with Crippen LogP contribution in [0.15, 0.2) is 12.1 Å². The molecule has 1 aromatic carbocycles. The highest BCUT2D eigenvalue weighted by Gasteiger charge is 2.51. The second kappa shape index (κ2) is 5.79. The maximum Gasteiger partial charge on any atom is 0.122 e. The van der Waals surface area contributed by atoms with Crippen molar-refractivity contribution in [1.82, 2.24) is 0 Å². The number of hydrogen-bond donors (Lipinski definition) is 1. The molecular formula is C27H36O. The Labute approximate surface area is 170 Å². The van der Waals surface area contributed by atoms with Crippen molar-refractivity contribution < 1.29 is 5.11 Å². The highest BCUT2D eigenvalue weighted by atomic mass is 16.3. The van der Waals surface area contributed by atoms with Gasteiger partial charge < -0.3 is 5.11 Å². The van der Waals surface area contributed by atoms with Gasteiger partial charge in [0.2, 0.25) is 0 Å². The first-order valence-corrected chi connectivity index (χ1v) is 12.5. The van der Waals surface area contributed by atoms with Crippen molar-refractivity contribution in [3.8, 4) is 5.75 Å². The largest absolute Gasteiger partial charge is 0.507 e. The zero-order valence-electron chi connectivity index (χ0n) is 17.4. The maximum absolute atomic E-state index is 11.7. The summed E-state index contributed by atoms with van der Waals surface area (Å²) in [4.78, 5) is 0. The Kier molecular flexibility index (Phi) is 3.47. The first-order valence-electron chi connectivity index (χ1n) is 12.5. The van der Waals surface area contributed by atoms with E-state index in [0.29, 0.717) is 11.8 Å². The molecule has 1 heteroatoms. The van der Waals surface area contributed by atoms with Gasteiger partial charge >= 0.3 is 0 Å². The molecule has 8 aliphatic carbocycles. The molecule has 0 aromatic heterocycles. The molecule has 0 saturated heterocycles. The molecule has 0 aliphatic heterocycles. The number of hydrogen-bond acceptors (Lipinski definition) is 1. The lowest BCUT2D eigenvalue weighted by atomic mass is 9.49. The smallest absolute Gasteiger partial charge is 0.122 e. The molecule has 0 heterocycles. The van der Waals surface area contributed by atoms with E-state index in [9.17, 15) is 5.11 Å². The summed E-state index contributed by atoms with van der Waals surface area (Å²) < 4.78 is 0. The van der Waals surface area contributed by atoms with Gasteiger partial charge in [-0.25, -0.2) is 0 Å². The van der Waals surface area contributed by atoms with Crippen LogP contribution in [-0.2, 0) is 0 Å². The van der Waals surface area contributed by atoms with E-state index in [1.54, 1.807) is 0 Å². The molecule has 0 radical (unpaired) electrons. The van der Waals surface area contributed by atoms with Crippen molar-refractivity contribution >= 4 is 0 Å². The number of phenolic OH excluding ortho intramolecular Hbond substituents is 1. The van der Waals surface area contributed by atoms with Crippen LogP contribution in [0.3, 0.4) is 0 Å². The average Bonchev–Trinajstić information content (AvgIpc) is 2.63. The van der Waals surface area contributed by atoms with Crippen molar-refractivity contribution in [2.45, 2.75) is 83.0 Å². The van der Waals surface area contributed by atoms with Crippen LogP contribution in [-0.4, -0.2) is 5.11 Å². The van der Waals surface area contributed by atoms with Crippen molar-refractivity contribution in [3.63, 3.8) is 0 Å². The fraction of sp³-hybridized carbons (Fsp3) is 0.778. The minimum atomic E-state index is 0.656. The minimum absolute atomic E-state index is 0.656. The van der Waals surface area contributed by atoms with E-state index in [2.05, 4.69) is 19.1 Å². The summed E-state index contributed by atoms with van der Waals surface area (Å²) in [6.45, 7) is 2.29. The van der Waals surface area contributed by atoms with E-state index in [1.807, 2.05) is 0 Å². The molecule has 0 amide bonds. The Morgan fingerprint density at radius 3 is 1.21 bits per heavy atom. The third kappa shape index (κ3) is 2.31. The zero-order valence-corrected chi connectivity index (χ0v) is 17.4. The Morgan fingerprint density at radius 2 is 0.893 bits per heavy atom. The van der Waals surface area contributed by atoms with Gasteiger partial charge in [0.05, 0.1) is 0 Å². The summed E-state index contributed by atoms with van der Waals surface area (Å²) in [6, 6.07) is 4.78. The molecule has 8 fully saturated rings. The van der Waals surface area contributed by atoms with Crippen LogP contribution < -0.4 is 0 Å². The van der Waals surface area contributed by atoms with E-state index in [-0.39, 0.29) is 0 Å². The molecule has 1 N–H and O–H groups in total. The Bertz CT molecular complexity index is 687.